The van der Waals surface area contributed by atoms with Gasteiger partial charge in [0.05, 0.1) is 18.8 Å². The number of aromatic nitrogens is 1. The first-order valence-corrected chi connectivity index (χ1v) is 9.91. The summed E-state index contributed by atoms with van der Waals surface area (Å²) in [6, 6.07) is 5.63. The maximum Gasteiger partial charge on any atom is 0.250 e. The zero-order chi connectivity index (χ0) is 17.2. The fourth-order valence-corrected chi connectivity index (χ4v) is 4.97. The summed E-state index contributed by atoms with van der Waals surface area (Å²) in [7, 11) is 0. The summed E-state index contributed by atoms with van der Waals surface area (Å²) in [6.45, 7) is 3.85. The van der Waals surface area contributed by atoms with Crippen LogP contribution in [0.2, 0.25) is 0 Å². The lowest BCUT2D eigenvalue weighted by molar-refractivity contribution is -0.0388. The van der Waals surface area contributed by atoms with E-state index in [9.17, 15) is 9.90 Å². The maximum absolute atomic E-state index is 12.1. The van der Waals surface area contributed by atoms with Crippen molar-refractivity contribution in [3.63, 3.8) is 0 Å². The lowest BCUT2D eigenvalue weighted by Crippen LogP contribution is -2.49. The molecule has 0 radical (unpaired) electrons. The number of fused-ring (bicyclic) bond motifs is 4. The highest BCUT2D eigenvalue weighted by Gasteiger charge is 2.34. The number of rotatable bonds is 5. The minimum absolute atomic E-state index is 0.126. The molecule has 0 amide bonds. The van der Waals surface area contributed by atoms with Crippen molar-refractivity contribution in [3.05, 3.63) is 34.2 Å². The van der Waals surface area contributed by atoms with Gasteiger partial charge in [-0.25, -0.2) is 0 Å². The minimum Gasteiger partial charge on any atom is -0.389 e. The van der Waals surface area contributed by atoms with Crippen molar-refractivity contribution >= 4 is 0 Å². The average Bonchev–Trinajstić information content (AvgIpc) is 2.62. The molecule has 2 aliphatic heterocycles. The van der Waals surface area contributed by atoms with E-state index in [1.807, 2.05) is 10.6 Å². The fraction of sp³-hybridized carbons (Fsp3) is 0.750. The summed E-state index contributed by atoms with van der Waals surface area (Å²) in [6.07, 6.45) is 7.22. The third kappa shape index (κ3) is 3.99. The van der Waals surface area contributed by atoms with Crippen LogP contribution in [-0.4, -0.2) is 53.0 Å². The van der Waals surface area contributed by atoms with E-state index in [0.717, 1.165) is 38.9 Å². The molecule has 2 fully saturated rings. The molecule has 1 unspecified atom stereocenters. The van der Waals surface area contributed by atoms with E-state index >= 15 is 0 Å². The summed E-state index contributed by atoms with van der Waals surface area (Å²) >= 11 is 0. The van der Waals surface area contributed by atoms with E-state index in [4.69, 9.17) is 4.74 Å². The van der Waals surface area contributed by atoms with Gasteiger partial charge in [-0.15, -0.1) is 0 Å². The van der Waals surface area contributed by atoms with Gasteiger partial charge in [0, 0.05) is 43.9 Å². The van der Waals surface area contributed by atoms with Crippen molar-refractivity contribution in [2.75, 3.05) is 26.2 Å². The Balaban J connectivity index is 1.32. The molecule has 138 valence electrons. The van der Waals surface area contributed by atoms with Crippen molar-refractivity contribution in [3.8, 4) is 0 Å². The SMILES string of the molecule is O=c1cccc2n1C[C@@H]1C[C@@H]2CN(CC(O)COC2CCCCC2)C1. The van der Waals surface area contributed by atoms with Gasteiger partial charge in [0.1, 0.15) is 0 Å². The molecule has 5 heteroatoms. The van der Waals surface area contributed by atoms with E-state index < -0.39 is 6.10 Å². The number of aliphatic hydroxyl groups excluding tert-OH is 1. The number of aliphatic hydroxyl groups is 1. The normalized spacial score (nSPS) is 28.5. The standard InChI is InChI=1S/C20H30N2O3/c23-17(14-25-18-5-2-1-3-6-18)13-21-10-15-9-16(12-21)19-7-4-8-20(24)22(19)11-15/h4,7-8,15-18,23H,1-3,5-6,9-14H2/t15-,16-,17?/m1/s1. The summed E-state index contributed by atoms with van der Waals surface area (Å²) in [5, 5.41) is 10.4. The third-order valence-electron chi connectivity index (χ3n) is 6.10. The Morgan fingerprint density at radius 1 is 1.16 bits per heavy atom. The Bertz CT molecular complexity index is 638. The topological polar surface area (TPSA) is 54.7 Å². The second-order valence-corrected chi connectivity index (χ2v) is 8.16. The molecule has 1 aromatic heterocycles. The van der Waals surface area contributed by atoms with Gasteiger partial charge in [0.2, 0.25) is 0 Å². The largest absolute Gasteiger partial charge is 0.389 e. The lowest BCUT2D eigenvalue weighted by atomic mass is 9.83. The zero-order valence-electron chi connectivity index (χ0n) is 15.0. The molecule has 1 aliphatic carbocycles. The molecule has 25 heavy (non-hydrogen) atoms. The number of hydrogen-bond donors (Lipinski definition) is 1. The van der Waals surface area contributed by atoms with Crippen LogP contribution in [0, 0.1) is 5.92 Å². The average molecular weight is 346 g/mol. The van der Waals surface area contributed by atoms with Crippen LogP contribution in [0.1, 0.15) is 50.1 Å². The number of β-amino-alcohol motifs (C(OH)–C–C–N with tert-alkyl or cyclic N) is 1. The predicted molar refractivity (Wildman–Crippen MR) is 96.8 cm³/mol. The van der Waals surface area contributed by atoms with Crippen molar-refractivity contribution in [1.29, 1.82) is 0 Å². The first kappa shape index (κ1) is 17.3. The van der Waals surface area contributed by atoms with Gasteiger partial charge in [-0.3, -0.25) is 9.69 Å². The molecule has 3 atom stereocenters. The zero-order valence-corrected chi connectivity index (χ0v) is 15.0. The Kier molecular flexibility index (Phi) is 5.25. The molecular weight excluding hydrogens is 316 g/mol. The molecule has 3 heterocycles. The Labute approximate surface area is 149 Å². The molecule has 0 aromatic carbocycles. The summed E-state index contributed by atoms with van der Waals surface area (Å²) in [5.41, 5.74) is 1.29. The van der Waals surface area contributed by atoms with Crippen LogP contribution in [0.3, 0.4) is 0 Å². The highest BCUT2D eigenvalue weighted by molar-refractivity contribution is 5.16. The van der Waals surface area contributed by atoms with Gasteiger partial charge >= 0.3 is 0 Å². The Morgan fingerprint density at radius 2 is 2.00 bits per heavy atom. The molecule has 0 spiro atoms. The number of nitrogens with zero attached hydrogens (tertiary/aromatic N) is 2. The van der Waals surface area contributed by atoms with E-state index in [1.54, 1.807) is 6.07 Å². The summed E-state index contributed by atoms with van der Waals surface area (Å²) < 4.78 is 7.89. The smallest absolute Gasteiger partial charge is 0.250 e. The van der Waals surface area contributed by atoms with Crippen LogP contribution in [-0.2, 0) is 11.3 Å². The summed E-state index contributed by atoms with van der Waals surface area (Å²) in [5.74, 6) is 0.922. The third-order valence-corrected chi connectivity index (χ3v) is 6.10. The highest BCUT2D eigenvalue weighted by Crippen LogP contribution is 2.34. The predicted octanol–water partition coefficient (Wildman–Crippen LogP) is 1.98. The minimum atomic E-state index is -0.418. The molecule has 1 N–H and O–H groups in total. The molecule has 3 aliphatic rings. The highest BCUT2D eigenvalue weighted by atomic mass is 16.5. The number of likely N-dealkylation sites (tertiary alicyclic amines) is 1. The van der Waals surface area contributed by atoms with Gasteiger partial charge < -0.3 is 14.4 Å². The number of ether oxygens (including phenoxy) is 1. The number of piperidine rings is 1. The number of pyridine rings is 1. The van der Waals surface area contributed by atoms with Crippen molar-refractivity contribution < 1.29 is 9.84 Å². The molecule has 1 saturated heterocycles. The van der Waals surface area contributed by atoms with E-state index in [1.165, 1.54) is 25.0 Å². The molecule has 1 saturated carbocycles. The maximum atomic E-state index is 12.1. The van der Waals surface area contributed by atoms with Gasteiger partial charge in [0.25, 0.3) is 5.56 Å². The first-order valence-electron chi connectivity index (χ1n) is 9.91. The van der Waals surface area contributed by atoms with Gasteiger partial charge in [-0.2, -0.15) is 0 Å². The Hall–Kier alpha value is -1.17. The van der Waals surface area contributed by atoms with Gasteiger partial charge in [-0.1, -0.05) is 25.3 Å². The quantitative estimate of drug-likeness (QED) is 0.886. The van der Waals surface area contributed by atoms with Gasteiger partial charge in [-0.05, 0) is 31.2 Å². The van der Waals surface area contributed by atoms with Crippen LogP contribution < -0.4 is 5.56 Å². The molecule has 4 rings (SSSR count). The van der Waals surface area contributed by atoms with Crippen molar-refractivity contribution in [2.24, 2.45) is 5.92 Å². The monoisotopic (exact) mass is 346 g/mol. The van der Waals surface area contributed by atoms with E-state index in [0.29, 0.717) is 31.1 Å². The first-order chi connectivity index (χ1) is 12.2. The van der Waals surface area contributed by atoms with Crippen LogP contribution in [0.4, 0.5) is 0 Å². The van der Waals surface area contributed by atoms with Crippen molar-refractivity contribution in [2.45, 2.75) is 63.2 Å². The lowest BCUT2D eigenvalue weighted by Gasteiger charge is -2.43. The molecular formula is C20H30N2O3. The summed E-state index contributed by atoms with van der Waals surface area (Å²) in [4.78, 5) is 14.5. The van der Waals surface area contributed by atoms with Crippen molar-refractivity contribution in [1.82, 2.24) is 9.47 Å². The number of hydrogen-bond acceptors (Lipinski definition) is 4. The van der Waals surface area contributed by atoms with E-state index in [-0.39, 0.29) is 5.56 Å². The molecule has 5 nitrogen and oxygen atoms in total. The van der Waals surface area contributed by atoms with Crippen LogP contribution in [0.15, 0.2) is 23.0 Å². The van der Waals surface area contributed by atoms with Gasteiger partial charge in [0.15, 0.2) is 0 Å². The fourth-order valence-electron chi connectivity index (χ4n) is 4.97. The molecule has 2 bridgehead atoms. The molecule has 1 aromatic rings. The second kappa shape index (κ2) is 7.60. The van der Waals surface area contributed by atoms with Crippen LogP contribution in [0.5, 0.6) is 0 Å². The van der Waals surface area contributed by atoms with E-state index in [2.05, 4.69) is 11.0 Å². The van der Waals surface area contributed by atoms with Crippen LogP contribution >= 0.6 is 0 Å². The van der Waals surface area contributed by atoms with Crippen LogP contribution in [0.25, 0.3) is 0 Å². The second-order valence-electron chi connectivity index (χ2n) is 8.16. The Morgan fingerprint density at radius 3 is 2.84 bits per heavy atom.